The Hall–Kier alpha value is -1.20. The highest BCUT2D eigenvalue weighted by molar-refractivity contribution is 5.45. The molecule has 1 aromatic rings. The van der Waals surface area contributed by atoms with E-state index in [2.05, 4.69) is 0 Å². The molecule has 1 rings (SSSR count). The molecule has 1 aromatic carbocycles. The van der Waals surface area contributed by atoms with Crippen molar-refractivity contribution in [3.05, 3.63) is 29.3 Å². The number of nitrogen functional groups attached to an aromatic ring is 1. The van der Waals surface area contributed by atoms with Gasteiger partial charge in [0, 0.05) is 11.6 Å². The molecule has 0 spiro atoms. The summed E-state index contributed by atoms with van der Waals surface area (Å²) >= 11 is 0. The van der Waals surface area contributed by atoms with Crippen LogP contribution in [0, 0.1) is 11.6 Å². The number of hydrogen-bond donors (Lipinski definition) is 3. The average molecular weight is 202 g/mol. The van der Waals surface area contributed by atoms with Gasteiger partial charge in [0.2, 0.25) is 0 Å². The van der Waals surface area contributed by atoms with Crippen LogP contribution >= 0.6 is 0 Å². The lowest BCUT2D eigenvalue weighted by atomic mass is 9.93. The molecule has 0 amide bonds. The van der Waals surface area contributed by atoms with Crippen molar-refractivity contribution in [1.29, 1.82) is 0 Å². The Kier molecular flexibility index (Phi) is 2.73. The van der Waals surface area contributed by atoms with E-state index in [9.17, 15) is 8.78 Å². The SMILES string of the molecule is C[C@](N)(CO)c1cc(N)c(F)cc1F. The number of halogens is 2. The second-order valence-electron chi connectivity index (χ2n) is 3.43. The van der Waals surface area contributed by atoms with Crippen molar-refractivity contribution < 1.29 is 13.9 Å². The molecule has 0 saturated heterocycles. The van der Waals surface area contributed by atoms with E-state index >= 15 is 0 Å². The lowest BCUT2D eigenvalue weighted by molar-refractivity contribution is 0.206. The van der Waals surface area contributed by atoms with Crippen molar-refractivity contribution in [2.24, 2.45) is 5.73 Å². The summed E-state index contributed by atoms with van der Waals surface area (Å²) in [5, 5.41) is 8.91. The van der Waals surface area contributed by atoms with Crippen molar-refractivity contribution >= 4 is 5.69 Å². The summed E-state index contributed by atoms with van der Waals surface area (Å²) in [5.74, 6) is -1.64. The Labute approximate surface area is 80.3 Å². The smallest absolute Gasteiger partial charge is 0.149 e. The molecule has 14 heavy (non-hydrogen) atoms. The molecule has 0 fully saturated rings. The molecule has 0 bridgehead atoms. The maximum Gasteiger partial charge on any atom is 0.149 e. The summed E-state index contributed by atoms with van der Waals surface area (Å²) < 4.78 is 26.0. The average Bonchev–Trinajstić information content (AvgIpc) is 2.11. The zero-order valence-corrected chi connectivity index (χ0v) is 7.72. The van der Waals surface area contributed by atoms with Crippen LogP contribution in [0.25, 0.3) is 0 Å². The molecular formula is C9H12F2N2O. The molecule has 0 aliphatic rings. The first-order chi connectivity index (χ1) is 6.38. The number of aliphatic hydroxyl groups is 1. The Morgan fingerprint density at radius 2 is 1.93 bits per heavy atom. The van der Waals surface area contributed by atoms with E-state index in [0.29, 0.717) is 6.07 Å². The first-order valence-corrected chi connectivity index (χ1v) is 4.03. The zero-order chi connectivity index (χ0) is 10.9. The van der Waals surface area contributed by atoms with Gasteiger partial charge in [0.1, 0.15) is 11.6 Å². The summed E-state index contributed by atoms with van der Waals surface area (Å²) in [7, 11) is 0. The number of nitrogens with two attached hydrogens (primary N) is 2. The van der Waals surface area contributed by atoms with Crippen LogP contribution in [-0.2, 0) is 5.54 Å². The van der Waals surface area contributed by atoms with E-state index in [4.69, 9.17) is 16.6 Å². The molecule has 3 nitrogen and oxygen atoms in total. The molecule has 1 atom stereocenters. The molecule has 5 N–H and O–H groups in total. The van der Waals surface area contributed by atoms with Crippen LogP contribution in [0.1, 0.15) is 12.5 Å². The quantitative estimate of drug-likeness (QED) is 0.618. The third-order valence-corrected chi connectivity index (χ3v) is 2.03. The molecule has 78 valence electrons. The monoisotopic (exact) mass is 202 g/mol. The van der Waals surface area contributed by atoms with Gasteiger partial charge in [-0.1, -0.05) is 0 Å². The first-order valence-electron chi connectivity index (χ1n) is 4.03. The standard InChI is InChI=1S/C9H12F2N2O/c1-9(13,4-14)5-2-8(12)7(11)3-6(5)10/h2-3,14H,4,12-13H2,1H3/t9-/m0/s1. The van der Waals surface area contributed by atoms with Crippen molar-refractivity contribution in [3.8, 4) is 0 Å². The molecule has 0 heterocycles. The minimum absolute atomic E-state index is 0.00102. The fraction of sp³-hybridized carbons (Fsp3) is 0.333. The Bertz CT molecular complexity index is 353. The minimum atomic E-state index is -1.26. The van der Waals surface area contributed by atoms with Crippen molar-refractivity contribution in [2.45, 2.75) is 12.5 Å². The van der Waals surface area contributed by atoms with E-state index in [0.717, 1.165) is 6.07 Å². The van der Waals surface area contributed by atoms with Crippen LogP contribution in [0.2, 0.25) is 0 Å². The van der Waals surface area contributed by atoms with E-state index in [-0.39, 0.29) is 11.3 Å². The molecule has 0 unspecified atom stereocenters. The third kappa shape index (κ3) is 1.83. The summed E-state index contributed by atoms with van der Waals surface area (Å²) in [4.78, 5) is 0. The highest BCUT2D eigenvalue weighted by atomic mass is 19.1. The summed E-state index contributed by atoms with van der Waals surface area (Å²) in [5.41, 5.74) is 9.40. The van der Waals surface area contributed by atoms with Gasteiger partial charge in [-0.25, -0.2) is 8.78 Å². The van der Waals surface area contributed by atoms with Crippen LogP contribution in [0.4, 0.5) is 14.5 Å². The first kappa shape index (κ1) is 10.9. The molecule has 0 radical (unpaired) electrons. The number of hydrogen-bond acceptors (Lipinski definition) is 3. The largest absolute Gasteiger partial charge is 0.396 e. The highest BCUT2D eigenvalue weighted by Crippen LogP contribution is 2.24. The van der Waals surface area contributed by atoms with E-state index in [1.807, 2.05) is 0 Å². The molecule has 0 aromatic heterocycles. The maximum absolute atomic E-state index is 13.2. The zero-order valence-electron chi connectivity index (χ0n) is 7.72. The Morgan fingerprint density at radius 3 is 2.43 bits per heavy atom. The number of anilines is 1. The van der Waals surface area contributed by atoms with Gasteiger partial charge in [0.05, 0.1) is 17.8 Å². The normalized spacial score (nSPS) is 15.2. The fourth-order valence-corrected chi connectivity index (χ4v) is 1.09. The summed E-state index contributed by atoms with van der Waals surface area (Å²) in [6.07, 6.45) is 0. The molecule has 5 heteroatoms. The van der Waals surface area contributed by atoms with Gasteiger partial charge in [0.25, 0.3) is 0 Å². The maximum atomic E-state index is 13.2. The van der Waals surface area contributed by atoms with Gasteiger partial charge in [0.15, 0.2) is 0 Å². The van der Waals surface area contributed by atoms with Gasteiger partial charge in [-0.15, -0.1) is 0 Å². The van der Waals surface area contributed by atoms with Gasteiger partial charge >= 0.3 is 0 Å². The van der Waals surface area contributed by atoms with E-state index in [1.54, 1.807) is 0 Å². The predicted octanol–water partition coefficient (Wildman–Crippen LogP) is 0.713. The lowest BCUT2D eigenvalue weighted by Gasteiger charge is -2.23. The topological polar surface area (TPSA) is 72.3 Å². The van der Waals surface area contributed by atoms with Crippen molar-refractivity contribution in [3.63, 3.8) is 0 Å². The van der Waals surface area contributed by atoms with E-state index in [1.165, 1.54) is 6.92 Å². The second-order valence-corrected chi connectivity index (χ2v) is 3.43. The van der Waals surface area contributed by atoms with Crippen LogP contribution < -0.4 is 11.5 Å². The second kappa shape index (κ2) is 3.51. The van der Waals surface area contributed by atoms with Crippen LogP contribution in [0.15, 0.2) is 12.1 Å². The summed E-state index contributed by atoms with van der Waals surface area (Å²) in [6.45, 7) is 0.984. The highest BCUT2D eigenvalue weighted by Gasteiger charge is 2.25. The number of benzene rings is 1. The molecule has 0 aliphatic carbocycles. The number of rotatable bonds is 2. The van der Waals surface area contributed by atoms with Crippen LogP contribution in [0.3, 0.4) is 0 Å². The Morgan fingerprint density at radius 1 is 1.36 bits per heavy atom. The summed E-state index contributed by atoms with van der Waals surface area (Å²) in [6, 6.07) is 1.76. The van der Waals surface area contributed by atoms with Crippen LogP contribution in [-0.4, -0.2) is 11.7 Å². The number of aliphatic hydroxyl groups excluding tert-OH is 1. The van der Waals surface area contributed by atoms with Crippen molar-refractivity contribution in [1.82, 2.24) is 0 Å². The van der Waals surface area contributed by atoms with Gasteiger partial charge in [-0.05, 0) is 13.0 Å². The van der Waals surface area contributed by atoms with Crippen molar-refractivity contribution in [2.75, 3.05) is 12.3 Å². The fourth-order valence-electron chi connectivity index (χ4n) is 1.09. The molecular weight excluding hydrogens is 190 g/mol. The van der Waals surface area contributed by atoms with Gasteiger partial charge < -0.3 is 16.6 Å². The third-order valence-electron chi connectivity index (χ3n) is 2.03. The Balaban J connectivity index is 3.29. The van der Waals surface area contributed by atoms with E-state index < -0.39 is 23.8 Å². The molecule has 0 aliphatic heterocycles. The molecule has 0 saturated carbocycles. The van der Waals surface area contributed by atoms with Gasteiger partial charge in [-0.2, -0.15) is 0 Å². The predicted molar refractivity (Wildman–Crippen MR) is 49.4 cm³/mol. The van der Waals surface area contributed by atoms with Crippen LogP contribution in [0.5, 0.6) is 0 Å². The lowest BCUT2D eigenvalue weighted by Crippen LogP contribution is -2.38. The minimum Gasteiger partial charge on any atom is -0.396 e. The van der Waals surface area contributed by atoms with Gasteiger partial charge in [-0.3, -0.25) is 0 Å².